The summed E-state index contributed by atoms with van der Waals surface area (Å²) in [5.41, 5.74) is 1.09. The van der Waals surface area contributed by atoms with E-state index in [0.717, 1.165) is 0 Å². The lowest BCUT2D eigenvalue weighted by atomic mass is 10.1. The number of hydrogen-bond donors (Lipinski definition) is 3. The van der Waals surface area contributed by atoms with Gasteiger partial charge in [-0.05, 0) is 24.1 Å². The number of nitrogens with zero attached hydrogens (tertiary/aromatic N) is 2. The van der Waals surface area contributed by atoms with Gasteiger partial charge in [0.15, 0.2) is 0 Å². The molecule has 1 unspecified atom stereocenters. The van der Waals surface area contributed by atoms with Gasteiger partial charge in [-0.25, -0.2) is 0 Å². The minimum absolute atomic E-state index is 0.0621. The van der Waals surface area contributed by atoms with Crippen molar-refractivity contribution in [2.75, 3.05) is 29.9 Å². The molecule has 172 valence electrons. The van der Waals surface area contributed by atoms with E-state index in [-0.39, 0.29) is 22.0 Å². The lowest BCUT2D eigenvalue weighted by Gasteiger charge is -2.27. The van der Waals surface area contributed by atoms with Crippen LogP contribution in [-0.4, -0.2) is 65.3 Å². The fourth-order valence-corrected chi connectivity index (χ4v) is 6.03. The van der Waals surface area contributed by atoms with E-state index < -0.39 is 28.1 Å². The second-order valence-corrected chi connectivity index (χ2v) is 10.6. The number of hydrogen-bond acceptors (Lipinski definition) is 6. The van der Waals surface area contributed by atoms with Crippen molar-refractivity contribution < 1.29 is 23.1 Å². The Labute approximate surface area is 199 Å². The molecule has 2 aromatic rings. The fraction of sp³-hybridized carbons (Fsp3) is 0.316. The summed E-state index contributed by atoms with van der Waals surface area (Å²) in [7, 11) is -3.91. The van der Waals surface area contributed by atoms with Crippen molar-refractivity contribution >= 4 is 62.7 Å². The van der Waals surface area contributed by atoms with Crippen molar-refractivity contribution in [2.45, 2.75) is 12.5 Å². The Kier molecular flexibility index (Phi) is 8.37. The van der Waals surface area contributed by atoms with Gasteiger partial charge in [0.1, 0.15) is 6.04 Å². The van der Waals surface area contributed by atoms with E-state index in [1.165, 1.54) is 16.7 Å². The van der Waals surface area contributed by atoms with Crippen molar-refractivity contribution in [1.29, 1.82) is 0 Å². The number of aliphatic carboxylic acids is 1. The topological polar surface area (TPSA) is 129 Å². The van der Waals surface area contributed by atoms with E-state index in [9.17, 15) is 23.1 Å². The number of rotatable bonds is 8. The summed E-state index contributed by atoms with van der Waals surface area (Å²) < 4.78 is 28.6. The van der Waals surface area contributed by atoms with Gasteiger partial charge >= 0.3 is 5.97 Å². The Bertz CT molecular complexity index is 1070. The Morgan fingerprint density at radius 1 is 1.12 bits per heavy atom. The van der Waals surface area contributed by atoms with Crippen LogP contribution in [0.5, 0.6) is 0 Å². The van der Waals surface area contributed by atoms with Crippen LogP contribution in [0.1, 0.15) is 15.9 Å². The first-order valence-electron chi connectivity index (χ1n) is 9.44. The summed E-state index contributed by atoms with van der Waals surface area (Å²) >= 11 is 13.6. The highest BCUT2D eigenvalue weighted by atomic mass is 35.5. The van der Waals surface area contributed by atoms with Crippen molar-refractivity contribution in [3.8, 4) is 0 Å². The number of benzene rings is 1. The third-order valence-corrected chi connectivity index (χ3v) is 7.77. The summed E-state index contributed by atoms with van der Waals surface area (Å²) in [5, 5.41) is 12.4. The smallest absolute Gasteiger partial charge is 0.322 e. The first-order valence-corrected chi connectivity index (χ1v) is 12.8. The standard InChI is InChI=1S/C19H20Cl2N4O5S2/c20-14-10-22-11-15(21)17(14)18(26)23-13-3-1-12(2-4-13)9-16(19(27)28)24-32(29,30)25-5-7-31-8-6-25/h1-4,10-11,16,24H,5-9H2,(H,23,26)(H,27,28). The molecule has 1 aliphatic rings. The van der Waals surface area contributed by atoms with Crippen LogP contribution in [0.3, 0.4) is 0 Å². The molecule has 1 aliphatic heterocycles. The third kappa shape index (κ3) is 6.33. The molecule has 1 aromatic carbocycles. The van der Waals surface area contributed by atoms with E-state index >= 15 is 0 Å². The highest BCUT2D eigenvalue weighted by Gasteiger charge is 2.30. The van der Waals surface area contributed by atoms with Gasteiger partial charge in [-0.2, -0.15) is 29.2 Å². The van der Waals surface area contributed by atoms with Gasteiger partial charge < -0.3 is 10.4 Å². The number of pyridine rings is 1. The molecule has 9 nitrogen and oxygen atoms in total. The molecule has 1 saturated heterocycles. The molecule has 0 radical (unpaired) electrons. The average molecular weight is 519 g/mol. The molecule has 3 rings (SSSR count). The molecule has 1 amide bonds. The molecule has 1 aromatic heterocycles. The second-order valence-electron chi connectivity index (χ2n) is 6.86. The summed E-state index contributed by atoms with van der Waals surface area (Å²) in [6.45, 7) is 0.679. The van der Waals surface area contributed by atoms with Crippen LogP contribution in [0.25, 0.3) is 0 Å². The summed E-state index contributed by atoms with van der Waals surface area (Å²) in [5.74, 6) is -0.464. The maximum absolute atomic E-state index is 12.5. The molecule has 0 aliphatic carbocycles. The third-order valence-electron chi connectivity index (χ3n) is 4.63. The second kappa shape index (κ2) is 10.8. The number of anilines is 1. The molecule has 3 N–H and O–H groups in total. The van der Waals surface area contributed by atoms with Gasteiger partial charge in [0.05, 0.1) is 15.6 Å². The van der Waals surface area contributed by atoms with E-state index in [2.05, 4.69) is 15.0 Å². The van der Waals surface area contributed by atoms with Crippen molar-refractivity contribution in [2.24, 2.45) is 0 Å². The van der Waals surface area contributed by atoms with Crippen LogP contribution >= 0.6 is 35.0 Å². The monoisotopic (exact) mass is 518 g/mol. The average Bonchev–Trinajstić information content (AvgIpc) is 2.75. The van der Waals surface area contributed by atoms with Crippen LogP contribution in [0, 0.1) is 0 Å². The quantitative estimate of drug-likeness (QED) is 0.489. The van der Waals surface area contributed by atoms with Gasteiger partial charge in [0, 0.05) is 42.7 Å². The largest absolute Gasteiger partial charge is 0.480 e. The van der Waals surface area contributed by atoms with Gasteiger partial charge in [0.25, 0.3) is 16.1 Å². The molecular weight excluding hydrogens is 499 g/mol. The predicted molar refractivity (Wildman–Crippen MR) is 125 cm³/mol. The van der Waals surface area contributed by atoms with Gasteiger partial charge in [0.2, 0.25) is 0 Å². The maximum Gasteiger partial charge on any atom is 0.322 e. The van der Waals surface area contributed by atoms with Crippen molar-refractivity contribution in [3.63, 3.8) is 0 Å². The highest BCUT2D eigenvalue weighted by Crippen LogP contribution is 2.24. The Morgan fingerprint density at radius 3 is 2.28 bits per heavy atom. The van der Waals surface area contributed by atoms with Crippen molar-refractivity contribution in [1.82, 2.24) is 14.0 Å². The number of carbonyl (C=O) groups excluding carboxylic acids is 1. The molecule has 13 heteroatoms. The van der Waals surface area contributed by atoms with Crippen molar-refractivity contribution in [3.05, 3.63) is 57.8 Å². The number of nitrogens with one attached hydrogen (secondary N) is 2. The zero-order valence-electron chi connectivity index (χ0n) is 16.6. The number of amides is 1. The van der Waals surface area contributed by atoms with Crippen LogP contribution in [0.15, 0.2) is 36.7 Å². The van der Waals surface area contributed by atoms with E-state index in [0.29, 0.717) is 35.8 Å². The highest BCUT2D eigenvalue weighted by molar-refractivity contribution is 7.99. The van der Waals surface area contributed by atoms with Gasteiger partial charge in [-0.15, -0.1) is 0 Å². The number of carboxylic acid groups (broad SMARTS) is 1. The summed E-state index contributed by atoms with van der Waals surface area (Å²) in [4.78, 5) is 27.9. The van der Waals surface area contributed by atoms with E-state index in [1.807, 2.05) is 0 Å². The number of halogens is 2. The first kappa shape index (κ1) is 24.7. The molecule has 0 bridgehead atoms. The summed E-state index contributed by atoms with van der Waals surface area (Å²) in [6.07, 6.45) is 2.55. The number of aromatic nitrogens is 1. The maximum atomic E-state index is 12.5. The zero-order chi connectivity index (χ0) is 23.3. The van der Waals surface area contributed by atoms with Gasteiger partial charge in [-0.3, -0.25) is 14.6 Å². The molecule has 1 fully saturated rings. The zero-order valence-corrected chi connectivity index (χ0v) is 19.8. The Hall–Kier alpha value is -1.89. The molecule has 2 heterocycles. The summed E-state index contributed by atoms with van der Waals surface area (Å²) in [6, 6.07) is 5.03. The van der Waals surface area contributed by atoms with Crippen LogP contribution in [0.2, 0.25) is 10.0 Å². The van der Waals surface area contributed by atoms with E-state index in [1.54, 1.807) is 36.0 Å². The van der Waals surface area contributed by atoms with Crippen LogP contribution < -0.4 is 10.0 Å². The van der Waals surface area contributed by atoms with Crippen LogP contribution in [-0.2, 0) is 21.4 Å². The van der Waals surface area contributed by atoms with E-state index in [4.69, 9.17) is 23.2 Å². The lowest BCUT2D eigenvalue weighted by Crippen LogP contribution is -2.51. The molecule has 0 saturated carbocycles. The Morgan fingerprint density at radius 2 is 1.72 bits per heavy atom. The normalized spacial score (nSPS) is 15.8. The van der Waals surface area contributed by atoms with Crippen LogP contribution in [0.4, 0.5) is 5.69 Å². The molecule has 32 heavy (non-hydrogen) atoms. The minimum Gasteiger partial charge on any atom is -0.480 e. The molecule has 1 atom stereocenters. The first-order chi connectivity index (χ1) is 15.2. The predicted octanol–water partition coefficient (Wildman–Crippen LogP) is 2.52. The molecule has 0 spiro atoms. The number of carbonyl (C=O) groups is 2. The fourth-order valence-electron chi connectivity index (χ4n) is 3.00. The SMILES string of the molecule is O=C(Nc1ccc(CC(NS(=O)(=O)N2CCSCC2)C(=O)O)cc1)c1c(Cl)cncc1Cl. The number of thioether (sulfide) groups is 1. The molecular formula is C19H20Cl2N4O5S2. The minimum atomic E-state index is -3.91. The lowest BCUT2D eigenvalue weighted by molar-refractivity contribution is -0.138. The Balaban J connectivity index is 1.66. The van der Waals surface area contributed by atoms with Gasteiger partial charge in [-0.1, -0.05) is 35.3 Å². The number of carboxylic acids is 1.